The molecule has 110 valence electrons. The lowest BCUT2D eigenvalue weighted by Crippen LogP contribution is -3.06. The van der Waals surface area contributed by atoms with Crippen LogP contribution in [0.25, 0.3) is 5.57 Å². The summed E-state index contributed by atoms with van der Waals surface area (Å²) in [6.07, 6.45) is 7.54. The van der Waals surface area contributed by atoms with Crippen LogP contribution in [0.1, 0.15) is 12.0 Å². The Hall–Kier alpha value is -1.41. The third-order valence-corrected chi connectivity index (χ3v) is 3.86. The number of H-pyrrole nitrogens is 1. The average molecular weight is 278 g/mol. The van der Waals surface area contributed by atoms with Crippen molar-refractivity contribution < 1.29 is 4.90 Å². The Morgan fingerprint density at radius 1 is 1.50 bits per heavy atom. The molecule has 0 amide bonds. The largest absolute Gasteiger partial charge is 0.339 e. The minimum absolute atomic E-state index is 0.213. The van der Waals surface area contributed by atoms with Gasteiger partial charge in [0.15, 0.2) is 0 Å². The van der Waals surface area contributed by atoms with Crippen molar-refractivity contribution in [3.05, 3.63) is 24.2 Å². The maximum absolute atomic E-state index is 4.03. The van der Waals surface area contributed by atoms with Crippen LogP contribution in [0.2, 0.25) is 0 Å². The predicted molar refractivity (Wildman–Crippen MR) is 77.4 cm³/mol. The standard InChI is InChI=1S/C13H23N7/c1-19(2)6-4-14-12-3-5-20-13(18-12)11(9-17-20)10-7-15-16-8-10/h7-9,12-14,17-18H,3-6H2,1-2H3,(H,15,16)/p+1. The molecule has 3 rings (SSSR count). The number of hydrogen-bond acceptors (Lipinski definition) is 5. The molecular weight excluding hydrogens is 254 g/mol. The van der Waals surface area contributed by atoms with Gasteiger partial charge in [0.2, 0.25) is 0 Å². The number of rotatable bonds is 5. The first kappa shape index (κ1) is 13.6. The van der Waals surface area contributed by atoms with Crippen LogP contribution < -0.4 is 21.0 Å². The van der Waals surface area contributed by atoms with Gasteiger partial charge in [0, 0.05) is 36.6 Å². The van der Waals surface area contributed by atoms with Gasteiger partial charge in [0.25, 0.3) is 0 Å². The van der Waals surface area contributed by atoms with Crippen LogP contribution in [-0.4, -0.2) is 61.3 Å². The summed E-state index contributed by atoms with van der Waals surface area (Å²) in [5.74, 6) is 0. The van der Waals surface area contributed by atoms with Crippen LogP contribution in [-0.2, 0) is 0 Å². The molecule has 2 aliphatic rings. The normalized spacial score (nSPS) is 26.4. The van der Waals surface area contributed by atoms with Gasteiger partial charge in [-0.25, -0.2) is 5.01 Å². The Balaban J connectivity index is 1.58. The molecule has 1 saturated heterocycles. The summed E-state index contributed by atoms with van der Waals surface area (Å²) in [6, 6.07) is 0. The van der Waals surface area contributed by atoms with E-state index in [-0.39, 0.29) is 6.17 Å². The second-order valence-corrected chi connectivity index (χ2v) is 5.73. The monoisotopic (exact) mass is 278 g/mol. The molecule has 0 saturated carbocycles. The van der Waals surface area contributed by atoms with E-state index in [1.54, 1.807) is 0 Å². The van der Waals surface area contributed by atoms with Gasteiger partial charge in [-0.1, -0.05) is 0 Å². The number of hydrazine groups is 1. The lowest BCUT2D eigenvalue weighted by Gasteiger charge is -2.37. The van der Waals surface area contributed by atoms with Crippen LogP contribution in [0, 0.1) is 0 Å². The summed E-state index contributed by atoms with van der Waals surface area (Å²) < 4.78 is 0. The van der Waals surface area contributed by atoms with E-state index in [1.807, 2.05) is 12.4 Å². The molecule has 1 fully saturated rings. The van der Waals surface area contributed by atoms with E-state index >= 15 is 0 Å². The van der Waals surface area contributed by atoms with Gasteiger partial charge in [0.1, 0.15) is 6.17 Å². The first-order valence-corrected chi connectivity index (χ1v) is 7.24. The summed E-state index contributed by atoms with van der Waals surface area (Å²) >= 11 is 0. The first-order chi connectivity index (χ1) is 9.74. The summed E-state index contributed by atoms with van der Waals surface area (Å²) in [5, 5.41) is 16.4. The molecule has 7 heteroatoms. The number of quaternary nitrogens is 1. The van der Waals surface area contributed by atoms with E-state index in [0.29, 0.717) is 6.17 Å². The summed E-state index contributed by atoms with van der Waals surface area (Å²) in [5.41, 5.74) is 5.70. The van der Waals surface area contributed by atoms with E-state index in [1.165, 1.54) is 10.5 Å². The quantitative estimate of drug-likeness (QED) is 0.429. The Labute approximate surface area is 119 Å². The highest BCUT2D eigenvalue weighted by Crippen LogP contribution is 2.25. The summed E-state index contributed by atoms with van der Waals surface area (Å²) in [6.45, 7) is 3.20. The molecule has 7 nitrogen and oxygen atoms in total. The zero-order valence-corrected chi connectivity index (χ0v) is 12.1. The van der Waals surface area contributed by atoms with Crippen molar-refractivity contribution in [2.45, 2.75) is 18.8 Å². The topological polar surface area (TPSA) is 72.5 Å². The lowest BCUT2D eigenvalue weighted by molar-refractivity contribution is -0.857. The van der Waals surface area contributed by atoms with Crippen molar-refractivity contribution in [2.24, 2.45) is 0 Å². The van der Waals surface area contributed by atoms with Crippen LogP contribution in [0.3, 0.4) is 0 Å². The van der Waals surface area contributed by atoms with Crippen LogP contribution >= 0.6 is 0 Å². The Morgan fingerprint density at radius 3 is 3.15 bits per heavy atom. The minimum Gasteiger partial charge on any atom is -0.339 e. The fraction of sp³-hybridized carbons (Fsp3) is 0.615. The number of aromatic amines is 1. The fourth-order valence-electron chi connectivity index (χ4n) is 2.70. The molecule has 0 spiro atoms. The van der Waals surface area contributed by atoms with Gasteiger partial charge in [-0.3, -0.25) is 15.7 Å². The molecule has 0 radical (unpaired) electrons. The Kier molecular flexibility index (Phi) is 4.02. The molecule has 2 unspecified atom stereocenters. The van der Waals surface area contributed by atoms with E-state index in [9.17, 15) is 0 Å². The number of nitrogens with zero attached hydrogens (tertiary/aromatic N) is 2. The average Bonchev–Trinajstić information content (AvgIpc) is 3.06. The van der Waals surface area contributed by atoms with Gasteiger partial charge in [-0.15, -0.1) is 0 Å². The second-order valence-electron chi connectivity index (χ2n) is 5.73. The lowest BCUT2D eigenvalue weighted by atomic mass is 10.1. The van der Waals surface area contributed by atoms with Crippen molar-refractivity contribution in [3.8, 4) is 0 Å². The molecule has 20 heavy (non-hydrogen) atoms. The van der Waals surface area contributed by atoms with Gasteiger partial charge >= 0.3 is 0 Å². The van der Waals surface area contributed by atoms with Crippen molar-refractivity contribution >= 4 is 5.57 Å². The van der Waals surface area contributed by atoms with Crippen molar-refractivity contribution in [1.82, 2.24) is 31.3 Å². The fourth-order valence-corrected chi connectivity index (χ4v) is 2.70. The summed E-state index contributed by atoms with van der Waals surface area (Å²) in [4.78, 5) is 1.47. The van der Waals surface area contributed by atoms with E-state index in [2.05, 4.69) is 51.6 Å². The summed E-state index contributed by atoms with van der Waals surface area (Å²) in [7, 11) is 4.36. The van der Waals surface area contributed by atoms with E-state index < -0.39 is 0 Å². The maximum Gasteiger partial charge on any atom is 0.107 e. The predicted octanol–water partition coefficient (Wildman–Crippen LogP) is -2.05. The highest BCUT2D eigenvalue weighted by Gasteiger charge is 2.34. The van der Waals surface area contributed by atoms with Gasteiger partial charge in [-0.05, 0) is 6.42 Å². The number of fused-ring (bicyclic) bond motifs is 1. The zero-order chi connectivity index (χ0) is 13.9. The number of nitrogens with one attached hydrogen (secondary N) is 5. The number of likely N-dealkylation sites (N-methyl/N-ethyl adjacent to an activating group) is 1. The van der Waals surface area contributed by atoms with Gasteiger partial charge in [-0.2, -0.15) is 5.10 Å². The van der Waals surface area contributed by atoms with Crippen LogP contribution in [0.15, 0.2) is 18.6 Å². The van der Waals surface area contributed by atoms with Gasteiger partial charge in [0.05, 0.1) is 33.0 Å². The Morgan fingerprint density at radius 2 is 2.40 bits per heavy atom. The molecule has 1 aromatic heterocycles. The molecule has 0 aromatic carbocycles. The van der Waals surface area contributed by atoms with Gasteiger partial charge < -0.3 is 10.3 Å². The molecule has 1 aromatic rings. The highest BCUT2D eigenvalue weighted by atomic mass is 15.6. The van der Waals surface area contributed by atoms with Crippen LogP contribution in [0.4, 0.5) is 0 Å². The molecule has 0 bridgehead atoms. The molecule has 0 aliphatic carbocycles. The number of hydrogen-bond donors (Lipinski definition) is 5. The van der Waals surface area contributed by atoms with Crippen molar-refractivity contribution in [2.75, 3.05) is 33.7 Å². The zero-order valence-electron chi connectivity index (χ0n) is 12.1. The third kappa shape index (κ3) is 2.85. The third-order valence-electron chi connectivity index (χ3n) is 3.86. The molecular formula is C13H24N7+. The Bertz CT molecular complexity index is 453. The smallest absolute Gasteiger partial charge is 0.107 e. The SMILES string of the molecule is C[NH+](C)CCNC1CCN2NC=C(c3cn[nH]c3)C2N1. The molecule has 5 N–H and O–H groups in total. The highest BCUT2D eigenvalue weighted by molar-refractivity contribution is 5.69. The number of aromatic nitrogens is 2. The maximum atomic E-state index is 4.03. The van der Waals surface area contributed by atoms with Crippen molar-refractivity contribution in [3.63, 3.8) is 0 Å². The van der Waals surface area contributed by atoms with Crippen molar-refractivity contribution in [1.29, 1.82) is 0 Å². The first-order valence-electron chi connectivity index (χ1n) is 7.24. The van der Waals surface area contributed by atoms with E-state index in [0.717, 1.165) is 31.6 Å². The molecule has 2 atom stereocenters. The van der Waals surface area contributed by atoms with Crippen LogP contribution in [0.5, 0.6) is 0 Å². The van der Waals surface area contributed by atoms with E-state index in [4.69, 9.17) is 0 Å². The molecule has 3 heterocycles. The molecule has 2 aliphatic heterocycles. The second kappa shape index (κ2) is 5.92. The minimum atomic E-state index is 0.213.